The molecular formula is C37H49ClO3. The monoisotopic (exact) mass is 576 g/mol. The molecule has 0 unspecified atom stereocenters. The summed E-state index contributed by atoms with van der Waals surface area (Å²) in [5.41, 5.74) is 3.77. The second-order valence-electron chi connectivity index (χ2n) is 11.1. The first-order valence-electron chi connectivity index (χ1n) is 15.9. The van der Waals surface area contributed by atoms with Gasteiger partial charge in [-0.05, 0) is 72.4 Å². The first-order valence-corrected chi connectivity index (χ1v) is 16.3. The van der Waals surface area contributed by atoms with E-state index in [9.17, 15) is 4.79 Å². The predicted octanol–water partition coefficient (Wildman–Crippen LogP) is 11.6. The number of carbonyl (C=O) groups excluding carboxylic acids is 1. The number of hydrogen-bond donors (Lipinski definition) is 0. The summed E-state index contributed by atoms with van der Waals surface area (Å²) >= 11 is 6.51. The van der Waals surface area contributed by atoms with Gasteiger partial charge in [0, 0.05) is 0 Å². The van der Waals surface area contributed by atoms with Gasteiger partial charge in [-0.15, -0.1) is 0 Å². The van der Waals surface area contributed by atoms with Crippen LogP contribution in [0.4, 0.5) is 0 Å². The van der Waals surface area contributed by atoms with Crippen molar-refractivity contribution in [2.75, 3.05) is 6.61 Å². The average Bonchev–Trinajstić information content (AvgIpc) is 2.99. The van der Waals surface area contributed by atoms with Gasteiger partial charge in [-0.1, -0.05) is 133 Å². The fraction of sp³-hybridized carbons (Fsp3) is 0.486. The van der Waals surface area contributed by atoms with Gasteiger partial charge in [-0.2, -0.15) is 0 Å². The van der Waals surface area contributed by atoms with E-state index in [1.165, 1.54) is 89.0 Å². The van der Waals surface area contributed by atoms with Gasteiger partial charge in [-0.25, -0.2) is 4.79 Å². The van der Waals surface area contributed by atoms with Crippen LogP contribution in [0, 0.1) is 0 Å². The number of unbranched alkanes of at least 4 members (excludes halogenated alkanes) is 12. The molecule has 0 radical (unpaired) electrons. The molecule has 0 saturated carbocycles. The van der Waals surface area contributed by atoms with Crippen LogP contribution in [0.1, 0.15) is 120 Å². The third kappa shape index (κ3) is 12.3. The minimum atomic E-state index is -0.358. The summed E-state index contributed by atoms with van der Waals surface area (Å²) in [5, 5.41) is 0.600. The highest BCUT2D eigenvalue weighted by molar-refractivity contribution is 6.32. The van der Waals surface area contributed by atoms with E-state index in [1.807, 2.05) is 42.5 Å². The molecule has 3 rings (SSSR count). The molecule has 0 spiro atoms. The molecule has 0 N–H and O–H groups in total. The van der Waals surface area contributed by atoms with Gasteiger partial charge in [0.15, 0.2) is 0 Å². The molecule has 0 bridgehead atoms. The number of halogens is 1. The lowest BCUT2D eigenvalue weighted by Crippen LogP contribution is -2.08. The largest absolute Gasteiger partial charge is 0.492 e. The number of ether oxygens (including phenoxy) is 2. The van der Waals surface area contributed by atoms with E-state index < -0.39 is 0 Å². The van der Waals surface area contributed by atoms with Crippen molar-refractivity contribution in [3.63, 3.8) is 0 Å². The minimum absolute atomic E-state index is 0.358. The van der Waals surface area contributed by atoms with Gasteiger partial charge in [0.2, 0.25) is 0 Å². The summed E-state index contributed by atoms with van der Waals surface area (Å²) in [4.78, 5) is 12.7. The van der Waals surface area contributed by atoms with Crippen LogP contribution in [0.15, 0.2) is 66.7 Å². The number of carbonyl (C=O) groups is 1. The second kappa shape index (κ2) is 19.4. The van der Waals surface area contributed by atoms with E-state index in [-0.39, 0.29) is 5.97 Å². The molecule has 0 saturated heterocycles. The lowest BCUT2D eigenvalue weighted by Gasteiger charge is -2.10. The lowest BCUT2D eigenvalue weighted by molar-refractivity contribution is 0.0734. The highest BCUT2D eigenvalue weighted by Crippen LogP contribution is 2.31. The normalized spacial score (nSPS) is 11.0. The molecule has 0 heterocycles. The van der Waals surface area contributed by atoms with Gasteiger partial charge < -0.3 is 9.47 Å². The summed E-state index contributed by atoms with van der Waals surface area (Å²) in [6.07, 6.45) is 19.0. The van der Waals surface area contributed by atoms with Crippen LogP contribution in [-0.4, -0.2) is 12.6 Å². The van der Waals surface area contributed by atoms with Gasteiger partial charge in [0.25, 0.3) is 0 Å². The maximum absolute atomic E-state index is 12.7. The maximum atomic E-state index is 12.7. The fourth-order valence-electron chi connectivity index (χ4n) is 5.01. The molecule has 0 amide bonds. The average molecular weight is 577 g/mol. The Hall–Kier alpha value is -2.78. The summed E-state index contributed by atoms with van der Waals surface area (Å²) < 4.78 is 11.5. The SMILES string of the molecule is CCCCCCCCCCc1ccc(OC(=O)c2ccc(-c3ccc(OCCCCCCCC)c(Cl)c3)cc2)cc1. The maximum Gasteiger partial charge on any atom is 0.343 e. The Kier molecular flexibility index (Phi) is 15.5. The van der Waals surface area contributed by atoms with E-state index in [0.717, 1.165) is 24.0 Å². The van der Waals surface area contributed by atoms with Gasteiger partial charge >= 0.3 is 5.97 Å². The molecule has 0 aliphatic rings. The van der Waals surface area contributed by atoms with Crippen molar-refractivity contribution >= 4 is 17.6 Å². The smallest absolute Gasteiger partial charge is 0.343 e. The predicted molar refractivity (Wildman–Crippen MR) is 173 cm³/mol. The number of esters is 1. The van der Waals surface area contributed by atoms with E-state index in [1.54, 1.807) is 12.1 Å². The first-order chi connectivity index (χ1) is 20.1. The molecule has 3 nitrogen and oxygen atoms in total. The van der Waals surface area contributed by atoms with Crippen molar-refractivity contribution in [2.45, 2.75) is 110 Å². The molecule has 0 aliphatic heterocycles. The molecule has 0 aliphatic carbocycles. The first kappa shape index (κ1) is 32.7. The van der Waals surface area contributed by atoms with Crippen LogP contribution >= 0.6 is 11.6 Å². The standard InChI is InChI=1S/C37H49ClO3/c1-3-5-7-9-11-12-13-15-17-30-18-25-34(26-19-30)41-37(39)32-22-20-31(21-23-32)33-24-27-36(35(38)29-33)40-28-16-14-10-8-6-4-2/h18-27,29H,3-17,28H2,1-2H3. The van der Waals surface area contributed by atoms with Crippen molar-refractivity contribution < 1.29 is 14.3 Å². The topological polar surface area (TPSA) is 35.5 Å². The lowest BCUT2D eigenvalue weighted by atomic mass is 10.0. The van der Waals surface area contributed by atoms with Crippen LogP contribution in [0.25, 0.3) is 11.1 Å². The molecular weight excluding hydrogens is 528 g/mol. The summed E-state index contributed by atoms with van der Waals surface area (Å²) in [6.45, 7) is 5.18. The highest BCUT2D eigenvalue weighted by atomic mass is 35.5. The van der Waals surface area contributed by atoms with Gasteiger partial charge in [0.05, 0.1) is 17.2 Å². The van der Waals surface area contributed by atoms with Crippen LogP contribution in [-0.2, 0) is 6.42 Å². The number of benzene rings is 3. The number of rotatable bonds is 20. The summed E-state index contributed by atoms with van der Waals surface area (Å²) in [6, 6.07) is 21.2. The Morgan fingerprint density at radius 2 is 1.20 bits per heavy atom. The Bertz CT molecular complexity index is 1140. The molecule has 41 heavy (non-hydrogen) atoms. The minimum Gasteiger partial charge on any atom is -0.492 e. The zero-order chi connectivity index (χ0) is 29.1. The Labute approximate surface area is 253 Å². The van der Waals surface area contributed by atoms with Crippen LogP contribution in [0.5, 0.6) is 11.5 Å². The number of aryl methyl sites for hydroxylation is 1. The molecule has 3 aromatic rings. The molecule has 0 fully saturated rings. The zero-order valence-electron chi connectivity index (χ0n) is 25.3. The molecule has 222 valence electrons. The zero-order valence-corrected chi connectivity index (χ0v) is 26.0. The number of hydrogen-bond acceptors (Lipinski definition) is 3. The Morgan fingerprint density at radius 1 is 0.634 bits per heavy atom. The van der Waals surface area contributed by atoms with Gasteiger partial charge in [0.1, 0.15) is 11.5 Å². The van der Waals surface area contributed by atoms with Crippen LogP contribution in [0.2, 0.25) is 5.02 Å². The third-order valence-electron chi connectivity index (χ3n) is 7.59. The quantitative estimate of drug-likeness (QED) is 0.0762. The second-order valence-corrected chi connectivity index (χ2v) is 11.5. The summed E-state index contributed by atoms with van der Waals surface area (Å²) in [5.74, 6) is 0.930. The van der Waals surface area contributed by atoms with Crippen LogP contribution in [0.3, 0.4) is 0 Å². The van der Waals surface area contributed by atoms with E-state index in [2.05, 4.69) is 26.0 Å². The third-order valence-corrected chi connectivity index (χ3v) is 7.89. The van der Waals surface area contributed by atoms with E-state index >= 15 is 0 Å². The van der Waals surface area contributed by atoms with Gasteiger partial charge in [-0.3, -0.25) is 0 Å². The Morgan fingerprint density at radius 3 is 1.80 bits per heavy atom. The van der Waals surface area contributed by atoms with E-state index in [4.69, 9.17) is 21.1 Å². The summed E-state index contributed by atoms with van der Waals surface area (Å²) in [7, 11) is 0. The molecule has 4 heteroatoms. The molecule has 0 aromatic heterocycles. The molecule has 3 aromatic carbocycles. The molecule has 0 atom stereocenters. The van der Waals surface area contributed by atoms with E-state index in [0.29, 0.717) is 28.7 Å². The van der Waals surface area contributed by atoms with Crippen LogP contribution < -0.4 is 9.47 Å². The van der Waals surface area contributed by atoms with Crippen molar-refractivity contribution in [1.82, 2.24) is 0 Å². The highest BCUT2D eigenvalue weighted by Gasteiger charge is 2.10. The van der Waals surface area contributed by atoms with Crippen molar-refractivity contribution in [2.24, 2.45) is 0 Å². The van der Waals surface area contributed by atoms with Crippen molar-refractivity contribution in [1.29, 1.82) is 0 Å². The fourth-order valence-corrected chi connectivity index (χ4v) is 5.25. The Balaban J connectivity index is 1.41. The van der Waals surface area contributed by atoms with Crippen molar-refractivity contribution in [3.05, 3.63) is 82.9 Å². The van der Waals surface area contributed by atoms with Crippen molar-refractivity contribution in [3.8, 4) is 22.6 Å².